The SMILES string of the molecule is C=C1CC[C@@H](C(C)C)[C@@H](O)[C@H]2[C@H]1CC[C@]2(C)O. The Balaban J connectivity index is 2.31. The predicted molar refractivity (Wildman–Crippen MR) is 69.5 cm³/mol. The molecule has 17 heavy (non-hydrogen) atoms. The number of aliphatic hydroxyl groups is 2. The molecule has 2 aliphatic carbocycles. The Bertz CT molecular complexity index is 306. The molecule has 0 saturated heterocycles. The molecule has 2 aliphatic rings. The maximum atomic E-state index is 10.6. The smallest absolute Gasteiger partial charge is 0.0678 e. The van der Waals surface area contributed by atoms with Gasteiger partial charge in [0.05, 0.1) is 11.7 Å². The van der Waals surface area contributed by atoms with E-state index in [0.717, 1.165) is 25.7 Å². The van der Waals surface area contributed by atoms with Gasteiger partial charge in [0.1, 0.15) is 0 Å². The summed E-state index contributed by atoms with van der Waals surface area (Å²) < 4.78 is 0. The van der Waals surface area contributed by atoms with Crippen molar-refractivity contribution in [3.8, 4) is 0 Å². The molecule has 0 aliphatic heterocycles. The van der Waals surface area contributed by atoms with Crippen LogP contribution in [0.2, 0.25) is 0 Å². The molecular weight excluding hydrogens is 212 g/mol. The summed E-state index contributed by atoms with van der Waals surface area (Å²) in [6.07, 6.45) is 3.43. The Morgan fingerprint density at radius 1 is 1.35 bits per heavy atom. The second-order valence-electron chi connectivity index (χ2n) is 6.62. The lowest BCUT2D eigenvalue weighted by Crippen LogP contribution is -2.44. The molecule has 0 spiro atoms. The van der Waals surface area contributed by atoms with Crippen molar-refractivity contribution in [3.63, 3.8) is 0 Å². The third-order valence-corrected chi connectivity index (χ3v) is 5.10. The summed E-state index contributed by atoms with van der Waals surface area (Å²) in [5.74, 6) is 1.08. The van der Waals surface area contributed by atoms with Crippen LogP contribution in [0.3, 0.4) is 0 Å². The molecule has 0 amide bonds. The van der Waals surface area contributed by atoms with E-state index in [4.69, 9.17) is 0 Å². The van der Waals surface area contributed by atoms with Gasteiger partial charge in [-0.25, -0.2) is 0 Å². The fourth-order valence-corrected chi connectivity index (χ4v) is 3.99. The average molecular weight is 238 g/mol. The molecular formula is C15H26O2. The normalized spacial score (nSPS) is 47.1. The number of rotatable bonds is 1. The van der Waals surface area contributed by atoms with Crippen molar-refractivity contribution < 1.29 is 10.2 Å². The molecule has 2 nitrogen and oxygen atoms in total. The van der Waals surface area contributed by atoms with E-state index in [9.17, 15) is 10.2 Å². The molecule has 2 saturated carbocycles. The number of hydrogen-bond donors (Lipinski definition) is 2. The van der Waals surface area contributed by atoms with Crippen LogP contribution < -0.4 is 0 Å². The molecule has 0 heterocycles. The van der Waals surface area contributed by atoms with Crippen molar-refractivity contribution in [2.45, 2.75) is 58.2 Å². The lowest BCUT2D eigenvalue weighted by atomic mass is 9.75. The summed E-state index contributed by atoms with van der Waals surface area (Å²) in [5, 5.41) is 21.1. The van der Waals surface area contributed by atoms with Gasteiger partial charge in [0.15, 0.2) is 0 Å². The maximum absolute atomic E-state index is 10.6. The van der Waals surface area contributed by atoms with Crippen molar-refractivity contribution in [2.24, 2.45) is 23.7 Å². The van der Waals surface area contributed by atoms with Crippen molar-refractivity contribution in [1.82, 2.24) is 0 Å². The third kappa shape index (κ3) is 2.17. The first kappa shape index (κ1) is 13.1. The number of hydrogen-bond acceptors (Lipinski definition) is 2. The van der Waals surface area contributed by atoms with Gasteiger partial charge in [-0.15, -0.1) is 0 Å². The van der Waals surface area contributed by atoms with Gasteiger partial charge in [0.2, 0.25) is 0 Å². The molecule has 0 aromatic heterocycles. The van der Waals surface area contributed by atoms with Gasteiger partial charge in [-0.05, 0) is 50.4 Å². The second-order valence-corrected chi connectivity index (χ2v) is 6.62. The topological polar surface area (TPSA) is 40.5 Å². The Kier molecular flexibility index (Phi) is 3.39. The molecule has 0 unspecified atom stereocenters. The van der Waals surface area contributed by atoms with Crippen LogP contribution in [0.5, 0.6) is 0 Å². The lowest BCUT2D eigenvalue weighted by molar-refractivity contribution is -0.0729. The van der Waals surface area contributed by atoms with Gasteiger partial charge >= 0.3 is 0 Å². The standard InChI is InChI=1S/C15H26O2/c1-9(2)11-6-5-10(3)12-7-8-15(4,17)13(12)14(11)16/h9,11-14,16-17H,3,5-8H2,1-2,4H3/t11-,12-,13+,14+,15-/m0/s1. The highest BCUT2D eigenvalue weighted by atomic mass is 16.3. The monoisotopic (exact) mass is 238 g/mol. The summed E-state index contributed by atoms with van der Waals surface area (Å²) in [6, 6.07) is 0. The van der Waals surface area contributed by atoms with Crippen molar-refractivity contribution in [2.75, 3.05) is 0 Å². The molecule has 2 rings (SSSR count). The van der Waals surface area contributed by atoms with E-state index in [-0.39, 0.29) is 12.0 Å². The van der Waals surface area contributed by atoms with Gasteiger partial charge in [0, 0.05) is 5.92 Å². The number of fused-ring (bicyclic) bond motifs is 1. The highest BCUT2D eigenvalue weighted by Crippen LogP contribution is 2.51. The van der Waals surface area contributed by atoms with Crippen LogP contribution in [0, 0.1) is 23.7 Å². The minimum absolute atomic E-state index is 0.00935. The number of allylic oxidation sites excluding steroid dienone is 1. The van der Waals surface area contributed by atoms with E-state index < -0.39 is 5.60 Å². The first-order chi connectivity index (χ1) is 7.84. The van der Waals surface area contributed by atoms with E-state index in [0.29, 0.717) is 17.8 Å². The van der Waals surface area contributed by atoms with Crippen molar-refractivity contribution >= 4 is 0 Å². The minimum Gasteiger partial charge on any atom is -0.392 e. The summed E-state index contributed by atoms with van der Waals surface area (Å²) in [5.41, 5.74) is 0.528. The Morgan fingerprint density at radius 2 is 2.00 bits per heavy atom. The molecule has 2 heteroatoms. The minimum atomic E-state index is -0.718. The van der Waals surface area contributed by atoms with E-state index in [2.05, 4.69) is 20.4 Å². The van der Waals surface area contributed by atoms with E-state index in [1.165, 1.54) is 5.57 Å². The zero-order valence-corrected chi connectivity index (χ0v) is 11.3. The maximum Gasteiger partial charge on any atom is 0.0678 e. The molecule has 98 valence electrons. The Hall–Kier alpha value is -0.340. The van der Waals surface area contributed by atoms with Crippen molar-refractivity contribution in [3.05, 3.63) is 12.2 Å². The fraction of sp³-hybridized carbons (Fsp3) is 0.867. The predicted octanol–water partition coefficient (Wildman–Crippen LogP) is 2.75. The van der Waals surface area contributed by atoms with Crippen LogP contribution >= 0.6 is 0 Å². The van der Waals surface area contributed by atoms with E-state index >= 15 is 0 Å². The van der Waals surface area contributed by atoms with E-state index in [1.54, 1.807) is 0 Å². The third-order valence-electron chi connectivity index (χ3n) is 5.10. The highest BCUT2D eigenvalue weighted by Gasteiger charge is 2.51. The number of aliphatic hydroxyl groups excluding tert-OH is 1. The van der Waals surface area contributed by atoms with Gasteiger partial charge in [-0.2, -0.15) is 0 Å². The summed E-state index contributed by atoms with van der Waals surface area (Å²) >= 11 is 0. The summed E-state index contributed by atoms with van der Waals surface area (Å²) in [4.78, 5) is 0. The van der Waals surface area contributed by atoms with Gasteiger partial charge < -0.3 is 10.2 Å². The zero-order chi connectivity index (χ0) is 12.8. The highest BCUT2D eigenvalue weighted by molar-refractivity contribution is 5.15. The molecule has 0 aromatic rings. The molecule has 0 bridgehead atoms. The van der Waals surface area contributed by atoms with Gasteiger partial charge in [0.25, 0.3) is 0 Å². The summed E-state index contributed by atoms with van der Waals surface area (Å²) in [6.45, 7) is 10.4. The largest absolute Gasteiger partial charge is 0.392 e. The lowest BCUT2D eigenvalue weighted by Gasteiger charge is -2.36. The van der Waals surface area contributed by atoms with Crippen LogP contribution in [-0.2, 0) is 0 Å². The summed E-state index contributed by atoms with van der Waals surface area (Å²) in [7, 11) is 0. The van der Waals surface area contributed by atoms with Crippen LogP contribution in [-0.4, -0.2) is 21.9 Å². The van der Waals surface area contributed by atoms with Crippen LogP contribution in [0.25, 0.3) is 0 Å². The average Bonchev–Trinajstić information content (AvgIpc) is 2.45. The Morgan fingerprint density at radius 3 is 2.59 bits per heavy atom. The molecule has 2 N–H and O–H groups in total. The first-order valence-corrected chi connectivity index (χ1v) is 6.92. The zero-order valence-electron chi connectivity index (χ0n) is 11.3. The van der Waals surface area contributed by atoms with Crippen LogP contribution in [0.15, 0.2) is 12.2 Å². The van der Waals surface area contributed by atoms with Gasteiger partial charge in [-0.3, -0.25) is 0 Å². The van der Waals surface area contributed by atoms with Crippen molar-refractivity contribution in [1.29, 1.82) is 0 Å². The molecule has 5 atom stereocenters. The van der Waals surface area contributed by atoms with Gasteiger partial charge in [-0.1, -0.05) is 26.0 Å². The first-order valence-electron chi connectivity index (χ1n) is 6.92. The molecule has 0 radical (unpaired) electrons. The van der Waals surface area contributed by atoms with Crippen LogP contribution in [0.4, 0.5) is 0 Å². The van der Waals surface area contributed by atoms with E-state index in [1.807, 2.05) is 6.92 Å². The molecule has 0 aromatic carbocycles. The second kappa shape index (κ2) is 4.40. The van der Waals surface area contributed by atoms with Crippen LogP contribution in [0.1, 0.15) is 46.5 Å². The fourth-order valence-electron chi connectivity index (χ4n) is 3.99. The quantitative estimate of drug-likeness (QED) is 0.690. The Labute approximate surface area is 105 Å². The molecule has 2 fully saturated rings.